The van der Waals surface area contributed by atoms with Gasteiger partial charge in [-0.25, -0.2) is 0 Å². The van der Waals surface area contributed by atoms with Gasteiger partial charge in [0.05, 0.1) is 12.5 Å². The maximum absolute atomic E-state index is 11.6. The molecular weight excluding hydrogens is 254 g/mol. The van der Waals surface area contributed by atoms with Crippen molar-refractivity contribution in [3.63, 3.8) is 0 Å². The molecule has 4 N–H and O–H groups in total. The standard InChI is InChI=1S/C15H23N3O2/c1-15(14(17)19)6-7-18(10-15)13(9-16)11-4-3-5-12(8-11)20-2/h3-5,8,13H,6-7,9-10,16H2,1-2H3,(H2,17,19). The lowest BCUT2D eigenvalue weighted by Crippen LogP contribution is -2.39. The van der Waals surface area contributed by atoms with Crippen molar-refractivity contribution in [2.75, 3.05) is 26.7 Å². The highest BCUT2D eigenvalue weighted by Gasteiger charge is 2.41. The largest absolute Gasteiger partial charge is 0.497 e. The topological polar surface area (TPSA) is 81.6 Å². The van der Waals surface area contributed by atoms with E-state index in [1.165, 1.54) is 0 Å². The zero-order chi connectivity index (χ0) is 14.8. The Hall–Kier alpha value is -1.59. The maximum Gasteiger partial charge on any atom is 0.224 e. The molecule has 1 aromatic rings. The van der Waals surface area contributed by atoms with E-state index in [1.807, 2.05) is 31.2 Å². The molecule has 0 bridgehead atoms. The predicted octanol–water partition coefficient (Wildman–Crippen LogP) is 0.892. The van der Waals surface area contributed by atoms with Gasteiger partial charge >= 0.3 is 0 Å². The fourth-order valence-electron chi connectivity index (χ4n) is 2.81. The predicted molar refractivity (Wildman–Crippen MR) is 78.3 cm³/mol. The van der Waals surface area contributed by atoms with E-state index < -0.39 is 5.41 Å². The fraction of sp³-hybridized carbons (Fsp3) is 0.533. The number of likely N-dealkylation sites (tertiary alicyclic amines) is 1. The van der Waals surface area contributed by atoms with Crippen LogP contribution >= 0.6 is 0 Å². The molecule has 20 heavy (non-hydrogen) atoms. The summed E-state index contributed by atoms with van der Waals surface area (Å²) < 4.78 is 5.26. The molecule has 0 spiro atoms. The van der Waals surface area contributed by atoms with Gasteiger partial charge in [0.2, 0.25) is 5.91 Å². The van der Waals surface area contributed by atoms with Gasteiger partial charge < -0.3 is 16.2 Å². The number of hydrogen-bond donors (Lipinski definition) is 2. The van der Waals surface area contributed by atoms with Crippen LogP contribution < -0.4 is 16.2 Å². The molecule has 1 saturated heterocycles. The molecule has 0 aromatic heterocycles. The van der Waals surface area contributed by atoms with E-state index in [0.717, 1.165) is 24.3 Å². The smallest absolute Gasteiger partial charge is 0.224 e. The van der Waals surface area contributed by atoms with Crippen molar-refractivity contribution in [1.82, 2.24) is 4.90 Å². The third kappa shape index (κ3) is 2.78. The molecule has 1 aliphatic rings. The van der Waals surface area contributed by atoms with E-state index >= 15 is 0 Å². The van der Waals surface area contributed by atoms with Crippen molar-refractivity contribution >= 4 is 5.91 Å². The lowest BCUT2D eigenvalue weighted by Gasteiger charge is -2.29. The van der Waals surface area contributed by atoms with Gasteiger partial charge in [-0.1, -0.05) is 12.1 Å². The molecular formula is C15H23N3O2. The first kappa shape index (κ1) is 14.8. The third-order valence-electron chi connectivity index (χ3n) is 4.24. The molecule has 1 aromatic carbocycles. The van der Waals surface area contributed by atoms with E-state index in [1.54, 1.807) is 7.11 Å². The van der Waals surface area contributed by atoms with Crippen molar-refractivity contribution in [3.05, 3.63) is 29.8 Å². The minimum absolute atomic E-state index is 0.0891. The van der Waals surface area contributed by atoms with Gasteiger partial charge in [0.1, 0.15) is 5.75 Å². The van der Waals surface area contributed by atoms with Crippen LogP contribution in [0.15, 0.2) is 24.3 Å². The molecule has 1 amide bonds. The molecule has 5 heteroatoms. The summed E-state index contributed by atoms with van der Waals surface area (Å²) in [4.78, 5) is 13.8. The second-order valence-corrected chi connectivity index (χ2v) is 5.67. The van der Waals surface area contributed by atoms with Crippen LogP contribution in [0, 0.1) is 5.41 Å². The Labute approximate surface area is 119 Å². The van der Waals surface area contributed by atoms with Crippen molar-refractivity contribution in [2.24, 2.45) is 16.9 Å². The first-order valence-corrected chi connectivity index (χ1v) is 6.88. The Bertz CT molecular complexity index is 492. The van der Waals surface area contributed by atoms with Crippen LogP contribution in [0.3, 0.4) is 0 Å². The molecule has 0 radical (unpaired) electrons. The molecule has 2 rings (SSSR count). The van der Waals surface area contributed by atoms with Gasteiger partial charge in [-0.15, -0.1) is 0 Å². The van der Waals surface area contributed by atoms with Crippen LogP contribution in [0.2, 0.25) is 0 Å². The summed E-state index contributed by atoms with van der Waals surface area (Å²) in [5.74, 6) is 0.583. The van der Waals surface area contributed by atoms with Crippen molar-refractivity contribution < 1.29 is 9.53 Å². The van der Waals surface area contributed by atoms with Crippen molar-refractivity contribution in [1.29, 1.82) is 0 Å². The highest BCUT2D eigenvalue weighted by atomic mass is 16.5. The summed E-state index contributed by atoms with van der Waals surface area (Å²) in [5.41, 5.74) is 12.1. The molecule has 5 nitrogen and oxygen atoms in total. The second kappa shape index (κ2) is 5.81. The van der Waals surface area contributed by atoms with Gasteiger partial charge in [-0.05, 0) is 37.6 Å². The normalized spacial score (nSPS) is 24.6. The lowest BCUT2D eigenvalue weighted by atomic mass is 9.89. The summed E-state index contributed by atoms with van der Waals surface area (Å²) >= 11 is 0. The van der Waals surface area contributed by atoms with Gasteiger partial charge in [-0.3, -0.25) is 9.69 Å². The average Bonchev–Trinajstić information content (AvgIpc) is 2.84. The summed E-state index contributed by atoms with van der Waals surface area (Å²) in [5, 5.41) is 0. The van der Waals surface area contributed by atoms with Gasteiger partial charge in [0.15, 0.2) is 0 Å². The molecule has 2 unspecified atom stereocenters. The fourth-order valence-corrected chi connectivity index (χ4v) is 2.81. The number of hydrogen-bond acceptors (Lipinski definition) is 4. The van der Waals surface area contributed by atoms with E-state index in [-0.39, 0.29) is 11.9 Å². The number of nitrogens with zero attached hydrogens (tertiary/aromatic N) is 1. The third-order valence-corrected chi connectivity index (χ3v) is 4.24. The molecule has 1 heterocycles. The van der Waals surface area contributed by atoms with Crippen molar-refractivity contribution in [2.45, 2.75) is 19.4 Å². The maximum atomic E-state index is 11.6. The number of amides is 1. The van der Waals surface area contributed by atoms with E-state index in [2.05, 4.69) is 4.90 Å². The lowest BCUT2D eigenvalue weighted by molar-refractivity contribution is -0.126. The van der Waals surface area contributed by atoms with Crippen LogP contribution in [0.1, 0.15) is 24.9 Å². The first-order chi connectivity index (χ1) is 9.50. The zero-order valence-electron chi connectivity index (χ0n) is 12.1. The molecule has 2 atom stereocenters. The number of nitrogens with two attached hydrogens (primary N) is 2. The van der Waals surface area contributed by atoms with Gasteiger partial charge in [0.25, 0.3) is 0 Å². The van der Waals surface area contributed by atoms with Crippen molar-refractivity contribution in [3.8, 4) is 5.75 Å². The van der Waals surface area contributed by atoms with Crippen LogP contribution in [-0.2, 0) is 4.79 Å². The molecule has 0 aliphatic carbocycles. The number of rotatable bonds is 5. The Kier molecular flexibility index (Phi) is 4.30. The Morgan fingerprint density at radius 2 is 2.30 bits per heavy atom. The summed E-state index contributed by atoms with van der Waals surface area (Å²) in [6.07, 6.45) is 0.781. The van der Waals surface area contributed by atoms with E-state index in [0.29, 0.717) is 13.1 Å². The number of carbonyl (C=O) groups is 1. The average molecular weight is 277 g/mol. The minimum Gasteiger partial charge on any atom is -0.497 e. The monoisotopic (exact) mass is 277 g/mol. The van der Waals surface area contributed by atoms with Gasteiger partial charge in [-0.2, -0.15) is 0 Å². The Morgan fingerprint density at radius 1 is 1.55 bits per heavy atom. The van der Waals surface area contributed by atoms with Crippen LogP contribution in [0.5, 0.6) is 5.75 Å². The summed E-state index contributed by atoms with van der Waals surface area (Å²) in [7, 11) is 1.65. The molecule has 1 fully saturated rings. The SMILES string of the molecule is COc1cccc(C(CN)N2CCC(C)(C(N)=O)C2)c1. The molecule has 1 aliphatic heterocycles. The number of primary amides is 1. The van der Waals surface area contributed by atoms with E-state index in [9.17, 15) is 4.79 Å². The summed E-state index contributed by atoms with van der Waals surface area (Å²) in [6, 6.07) is 8.00. The Balaban J connectivity index is 2.19. The quantitative estimate of drug-likeness (QED) is 0.837. The number of benzene rings is 1. The van der Waals surface area contributed by atoms with Crippen LogP contribution in [-0.4, -0.2) is 37.6 Å². The van der Waals surface area contributed by atoms with Crippen LogP contribution in [0.25, 0.3) is 0 Å². The molecule has 110 valence electrons. The highest BCUT2D eigenvalue weighted by Crippen LogP contribution is 2.35. The Morgan fingerprint density at radius 3 is 2.85 bits per heavy atom. The van der Waals surface area contributed by atoms with Gasteiger partial charge in [0, 0.05) is 19.1 Å². The minimum atomic E-state index is -0.452. The zero-order valence-corrected chi connectivity index (χ0v) is 12.1. The number of carbonyl (C=O) groups excluding carboxylic acids is 1. The highest BCUT2D eigenvalue weighted by molar-refractivity contribution is 5.81. The molecule has 0 saturated carbocycles. The first-order valence-electron chi connectivity index (χ1n) is 6.88. The second-order valence-electron chi connectivity index (χ2n) is 5.67. The number of methoxy groups -OCH3 is 1. The van der Waals surface area contributed by atoms with E-state index in [4.69, 9.17) is 16.2 Å². The number of ether oxygens (including phenoxy) is 1. The summed E-state index contributed by atoms with van der Waals surface area (Å²) in [6.45, 7) is 3.91. The van der Waals surface area contributed by atoms with Crippen LogP contribution in [0.4, 0.5) is 0 Å².